The van der Waals surface area contributed by atoms with E-state index in [2.05, 4.69) is 6.92 Å². The first-order valence-electron chi connectivity index (χ1n) is 4.70. The number of ether oxygens (including phenoxy) is 1. The smallest absolute Gasteiger partial charge is 0.0599 e. The first kappa shape index (κ1) is 9.05. The highest BCUT2D eigenvalue weighted by Crippen LogP contribution is 2.32. The second-order valence-corrected chi connectivity index (χ2v) is 3.46. The third-order valence-corrected chi connectivity index (χ3v) is 2.72. The normalized spacial score (nSPS) is 21.3. The SMILES string of the molecule is [CH2]CCCC(OC)C1CCC1. The second-order valence-electron chi connectivity index (χ2n) is 3.46. The standard InChI is InChI=1S/C10H19O/c1-3-4-8-10(11-2)9-6-5-7-9/h9-10H,1,3-8H2,2H3. The van der Waals surface area contributed by atoms with Crippen molar-refractivity contribution in [3.8, 4) is 0 Å². The van der Waals surface area contributed by atoms with Crippen LogP contribution >= 0.6 is 0 Å². The zero-order valence-electron chi connectivity index (χ0n) is 7.51. The van der Waals surface area contributed by atoms with Crippen molar-refractivity contribution in [2.24, 2.45) is 5.92 Å². The highest BCUT2D eigenvalue weighted by molar-refractivity contribution is 4.77. The second kappa shape index (κ2) is 4.76. The van der Waals surface area contributed by atoms with E-state index in [4.69, 9.17) is 4.74 Å². The highest BCUT2D eigenvalue weighted by atomic mass is 16.5. The Kier molecular flexibility index (Phi) is 3.92. The van der Waals surface area contributed by atoms with E-state index in [-0.39, 0.29) is 0 Å². The molecule has 0 bridgehead atoms. The van der Waals surface area contributed by atoms with Crippen LogP contribution in [0.5, 0.6) is 0 Å². The van der Waals surface area contributed by atoms with Crippen LogP contribution in [0.25, 0.3) is 0 Å². The van der Waals surface area contributed by atoms with Gasteiger partial charge in [-0.25, -0.2) is 0 Å². The predicted octanol–water partition coefficient (Wildman–Crippen LogP) is 2.81. The zero-order valence-corrected chi connectivity index (χ0v) is 7.51. The zero-order chi connectivity index (χ0) is 8.10. The maximum atomic E-state index is 5.43. The number of hydrogen-bond acceptors (Lipinski definition) is 1. The molecule has 0 spiro atoms. The van der Waals surface area contributed by atoms with E-state index in [1.54, 1.807) is 0 Å². The Morgan fingerprint density at radius 1 is 1.55 bits per heavy atom. The van der Waals surface area contributed by atoms with E-state index in [0.29, 0.717) is 6.10 Å². The van der Waals surface area contributed by atoms with Gasteiger partial charge in [-0.05, 0) is 25.2 Å². The largest absolute Gasteiger partial charge is 0.381 e. The van der Waals surface area contributed by atoms with Crippen molar-refractivity contribution in [3.63, 3.8) is 0 Å². The van der Waals surface area contributed by atoms with Gasteiger partial charge in [-0.3, -0.25) is 0 Å². The first-order valence-corrected chi connectivity index (χ1v) is 4.70. The van der Waals surface area contributed by atoms with Crippen molar-refractivity contribution in [1.29, 1.82) is 0 Å². The monoisotopic (exact) mass is 155 g/mol. The number of unbranched alkanes of at least 4 members (excludes halogenated alkanes) is 1. The molecule has 1 nitrogen and oxygen atoms in total. The Labute approximate surface area is 70.1 Å². The summed E-state index contributed by atoms with van der Waals surface area (Å²) in [6.45, 7) is 3.84. The molecule has 1 aliphatic rings. The fourth-order valence-corrected chi connectivity index (χ4v) is 1.70. The average molecular weight is 155 g/mol. The average Bonchev–Trinajstić information content (AvgIpc) is 1.93. The van der Waals surface area contributed by atoms with Gasteiger partial charge in [0.2, 0.25) is 0 Å². The maximum absolute atomic E-state index is 5.43. The van der Waals surface area contributed by atoms with Crippen LogP contribution in [0.4, 0.5) is 0 Å². The van der Waals surface area contributed by atoms with Crippen molar-refractivity contribution in [2.75, 3.05) is 7.11 Å². The van der Waals surface area contributed by atoms with Gasteiger partial charge in [0, 0.05) is 7.11 Å². The number of methoxy groups -OCH3 is 1. The Hall–Kier alpha value is -0.0400. The lowest BCUT2D eigenvalue weighted by atomic mass is 9.79. The molecule has 0 saturated heterocycles. The molecule has 11 heavy (non-hydrogen) atoms. The van der Waals surface area contributed by atoms with E-state index in [9.17, 15) is 0 Å². The van der Waals surface area contributed by atoms with E-state index in [1.165, 1.54) is 32.1 Å². The molecule has 0 aromatic rings. The Balaban J connectivity index is 2.13. The van der Waals surface area contributed by atoms with E-state index >= 15 is 0 Å². The van der Waals surface area contributed by atoms with E-state index in [0.717, 1.165) is 12.3 Å². The molecule has 0 aromatic heterocycles. The summed E-state index contributed by atoms with van der Waals surface area (Å²) < 4.78 is 5.43. The molecular weight excluding hydrogens is 136 g/mol. The van der Waals surface area contributed by atoms with E-state index in [1.807, 2.05) is 7.11 Å². The van der Waals surface area contributed by atoms with Crippen LogP contribution in [0.1, 0.15) is 38.5 Å². The Bertz CT molecular complexity index is 97.0. The van der Waals surface area contributed by atoms with Crippen molar-refractivity contribution in [1.82, 2.24) is 0 Å². The van der Waals surface area contributed by atoms with Gasteiger partial charge in [0.15, 0.2) is 0 Å². The Morgan fingerprint density at radius 3 is 2.64 bits per heavy atom. The summed E-state index contributed by atoms with van der Waals surface area (Å²) in [6, 6.07) is 0. The highest BCUT2D eigenvalue weighted by Gasteiger charge is 2.26. The van der Waals surface area contributed by atoms with Crippen molar-refractivity contribution >= 4 is 0 Å². The molecular formula is C10H19O. The minimum atomic E-state index is 0.533. The Morgan fingerprint density at radius 2 is 2.27 bits per heavy atom. The molecule has 1 aliphatic carbocycles. The molecule has 0 amide bonds. The number of rotatable bonds is 5. The van der Waals surface area contributed by atoms with Crippen LogP contribution in [0.2, 0.25) is 0 Å². The van der Waals surface area contributed by atoms with Crippen LogP contribution in [0.15, 0.2) is 0 Å². The topological polar surface area (TPSA) is 9.23 Å². The molecule has 0 heterocycles. The lowest BCUT2D eigenvalue weighted by molar-refractivity contribution is 0.0125. The molecule has 0 aromatic carbocycles. The molecule has 1 saturated carbocycles. The summed E-state index contributed by atoms with van der Waals surface area (Å²) in [5, 5.41) is 0. The fraction of sp³-hybridized carbons (Fsp3) is 0.900. The molecule has 1 rings (SSSR count). The van der Waals surface area contributed by atoms with Gasteiger partial charge in [-0.15, -0.1) is 0 Å². The predicted molar refractivity (Wildman–Crippen MR) is 47.3 cm³/mol. The lowest BCUT2D eigenvalue weighted by Gasteiger charge is -2.32. The summed E-state index contributed by atoms with van der Waals surface area (Å²) in [6.07, 6.45) is 8.19. The first-order chi connectivity index (χ1) is 5.38. The quantitative estimate of drug-likeness (QED) is 0.593. The van der Waals surface area contributed by atoms with Crippen LogP contribution < -0.4 is 0 Å². The molecule has 1 fully saturated rings. The molecule has 0 aliphatic heterocycles. The molecule has 65 valence electrons. The van der Waals surface area contributed by atoms with Crippen LogP contribution in [0.3, 0.4) is 0 Å². The summed E-state index contributed by atoms with van der Waals surface area (Å²) in [4.78, 5) is 0. The molecule has 1 heteroatoms. The molecule has 1 atom stereocenters. The summed E-state index contributed by atoms with van der Waals surface area (Å²) in [7, 11) is 1.84. The summed E-state index contributed by atoms with van der Waals surface area (Å²) in [5.74, 6) is 0.867. The van der Waals surface area contributed by atoms with Crippen molar-refractivity contribution in [3.05, 3.63) is 6.92 Å². The van der Waals surface area contributed by atoms with Crippen LogP contribution in [0, 0.1) is 12.8 Å². The van der Waals surface area contributed by atoms with Gasteiger partial charge in [-0.2, -0.15) is 0 Å². The number of hydrogen-bond donors (Lipinski definition) is 0. The molecule has 1 unspecified atom stereocenters. The van der Waals surface area contributed by atoms with Crippen molar-refractivity contribution in [2.45, 2.75) is 44.6 Å². The molecule has 1 radical (unpaired) electrons. The molecule has 0 N–H and O–H groups in total. The van der Waals surface area contributed by atoms with Gasteiger partial charge in [-0.1, -0.05) is 26.2 Å². The van der Waals surface area contributed by atoms with Gasteiger partial charge >= 0.3 is 0 Å². The van der Waals surface area contributed by atoms with Crippen LogP contribution in [-0.4, -0.2) is 13.2 Å². The third kappa shape index (κ3) is 2.48. The van der Waals surface area contributed by atoms with Gasteiger partial charge < -0.3 is 4.74 Å². The minimum absolute atomic E-state index is 0.533. The summed E-state index contributed by atoms with van der Waals surface area (Å²) >= 11 is 0. The van der Waals surface area contributed by atoms with Gasteiger partial charge in [0.25, 0.3) is 0 Å². The summed E-state index contributed by atoms with van der Waals surface area (Å²) in [5.41, 5.74) is 0. The van der Waals surface area contributed by atoms with Crippen LogP contribution in [-0.2, 0) is 4.74 Å². The van der Waals surface area contributed by atoms with Gasteiger partial charge in [0.05, 0.1) is 6.10 Å². The van der Waals surface area contributed by atoms with Crippen molar-refractivity contribution < 1.29 is 4.74 Å². The van der Waals surface area contributed by atoms with Gasteiger partial charge in [0.1, 0.15) is 0 Å². The minimum Gasteiger partial charge on any atom is -0.381 e. The third-order valence-electron chi connectivity index (χ3n) is 2.72. The fourth-order valence-electron chi connectivity index (χ4n) is 1.70. The maximum Gasteiger partial charge on any atom is 0.0599 e. The van der Waals surface area contributed by atoms with E-state index < -0.39 is 0 Å². The lowest BCUT2D eigenvalue weighted by Crippen LogP contribution is -2.28.